The third-order valence-electron chi connectivity index (χ3n) is 3.18. The number of carbonyl (C=O) groups excluding carboxylic acids is 1. The van der Waals surface area contributed by atoms with E-state index in [1.165, 1.54) is 0 Å². The molecule has 2 rings (SSSR count). The van der Waals surface area contributed by atoms with Gasteiger partial charge in [0.15, 0.2) is 0 Å². The van der Waals surface area contributed by atoms with Gasteiger partial charge in [-0.15, -0.1) is 0 Å². The zero-order chi connectivity index (χ0) is 14.6. The standard InChI is InChI=1S/C14H16N2O4/c17-7-14(8-18,9-19)16-13(20)11-3-1-5-12-10(11)4-2-6-15-12/h1-6,17-19H,7-9H2,(H,16,20). The van der Waals surface area contributed by atoms with Crippen LogP contribution in [0.5, 0.6) is 0 Å². The smallest absolute Gasteiger partial charge is 0.252 e. The van der Waals surface area contributed by atoms with Crippen LogP contribution in [0.3, 0.4) is 0 Å². The number of hydrogen-bond donors (Lipinski definition) is 4. The zero-order valence-electron chi connectivity index (χ0n) is 10.8. The SMILES string of the molecule is O=C(NC(CO)(CO)CO)c1cccc2ncccc12. The van der Waals surface area contributed by atoms with E-state index in [9.17, 15) is 20.1 Å². The molecule has 4 N–H and O–H groups in total. The highest BCUT2D eigenvalue weighted by Crippen LogP contribution is 2.17. The number of carbonyl (C=O) groups is 1. The summed E-state index contributed by atoms with van der Waals surface area (Å²) in [7, 11) is 0. The summed E-state index contributed by atoms with van der Waals surface area (Å²) < 4.78 is 0. The van der Waals surface area contributed by atoms with Gasteiger partial charge in [-0.1, -0.05) is 12.1 Å². The van der Waals surface area contributed by atoms with Crippen LogP contribution in [0, 0.1) is 0 Å². The Kier molecular flexibility index (Phi) is 4.29. The molecule has 0 aliphatic heterocycles. The Morgan fingerprint density at radius 2 is 1.80 bits per heavy atom. The molecular weight excluding hydrogens is 260 g/mol. The van der Waals surface area contributed by atoms with Crippen molar-refractivity contribution in [2.45, 2.75) is 5.54 Å². The number of rotatable bonds is 5. The van der Waals surface area contributed by atoms with Crippen LogP contribution in [0.4, 0.5) is 0 Å². The van der Waals surface area contributed by atoms with Crippen LogP contribution in [-0.2, 0) is 0 Å². The number of benzene rings is 1. The summed E-state index contributed by atoms with van der Waals surface area (Å²) in [5.41, 5.74) is -0.403. The average Bonchev–Trinajstić information content (AvgIpc) is 2.52. The van der Waals surface area contributed by atoms with Gasteiger partial charge in [0.1, 0.15) is 5.54 Å². The van der Waals surface area contributed by atoms with Crippen molar-refractivity contribution in [3.05, 3.63) is 42.1 Å². The maximum atomic E-state index is 12.3. The predicted molar refractivity (Wildman–Crippen MR) is 73.2 cm³/mol. The van der Waals surface area contributed by atoms with E-state index in [1.807, 2.05) is 0 Å². The minimum atomic E-state index is -1.44. The van der Waals surface area contributed by atoms with E-state index in [-0.39, 0.29) is 0 Å². The van der Waals surface area contributed by atoms with Crippen LogP contribution < -0.4 is 5.32 Å². The van der Waals surface area contributed by atoms with E-state index in [0.29, 0.717) is 16.5 Å². The normalized spacial score (nSPS) is 11.6. The van der Waals surface area contributed by atoms with E-state index in [4.69, 9.17) is 0 Å². The summed E-state index contributed by atoms with van der Waals surface area (Å²) in [5.74, 6) is -0.485. The topological polar surface area (TPSA) is 103 Å². The van der Waals surface area contributed by atoms with Crippen molar-refractivity contribution in [1.29, 1.82) is 0 Å². The molecule has 0 aliphatic carbocycles. The van der Waals surface area contributed by atoms with Gasteiger partial charge in [0.25, 0.3) is 5.91 Å². The second-order valence-electron chi connectivity index (χ2n) is 4.58. The maximum absolute atomic E-state index is 12.3. The fourth-order valence-electron chi connectivity index (χ4n) is 1.88. The van der Waals surface area contributed by atoms with Crippen LogP contribution in [0.25, 0.3) is 10.9 Å². The lowest BCUT2D eigenvalue weighted by molar-refractivity contribution is 0.0376. The molecule has 0 saturated heterocycles. The molecule has 1 aromatic carbocycles. The number of aliphatic hydroxyl groups is 3. The number of amides is 1. The third kappa shape index (κ3) is 2.62. The van der Waals surface area contributed by atoms with Crippen LogP contribution in [-0.4, -0.2) is 51.6 Å². The monoisotopic (exact) mass is 276 g/mol. The molecule has 1 heterocycles. The molecule has 106 valence electrons. The fourth-order valence-corrected chi connectivity index (χ4v) is 1.88. The lowest BCUT2D eigenvalue weighted by Gasteiger charge is -2.28. The van der Waals surface area contributed by atoms with Gasteiger partial charge < -0.3 is 20.6 Å². The van der Waals surface area contributed by atoms with Crippen LogP contribution >= 0.6 is 0 Å². The van der Waals surface area contributed by atoms with Crippen LogP contribution in [0.2, 0.25) is 0 Å². The molecule has 0 unspecified atom stereocenters. The molecule has 0 fully saturated rings. The van der Waals surface area contributed by atoms with Gasteiger partial charge in [0.05, 0.1) is 25.3 Å². The van der Waals surface area contributed by atoms with Gasteiger partial charge >= 0.3 is 0 Å². The highest BCUT2D eigenvalue weighted by molar-refractivity contribution is 6.06. The number of fused-ring (bicyclic) bond motifs is 1. The molecule has 1 aromatic heterocycles. The van der Waals surface area contributed by atoms with Crippen molar-refractivity contribution in [2.75, 3.05) is 19.8 Å². The summed E-state index contributed by atoms with van der Waals surface area (Å²) >= 11 is 0. The van der Waals surface area contributed by atoms with Crippen LogP contribution in [0.15, 0.2) is 36.5 Å². The van der Waals surface area contributed by atoms with Crippen molar-refractivity contribution in [3.63, 3.8) is 0 Å². The summed E-state index contributed by atoms with van der Waals surface area (Å²) in [6.45, 7) is -1.68. The Balaban J connectivity index is 2.37. The van der Waals surface area contributed by atoms with E-state index in [0.717, 1.165) is 0 Å². The molecule has 6 heteroatoms. The molecule has 2 aromatic rings. The second-order valence-corrected chi connectivity index (χ2v) is 4.58. The Labute approximate surface area is 115 Å². The minimum absolute atomic E-state index is 0.371. The number of hydrogen-bond acceptors (Lipinski definition) is 5. The summed E-state index contributed by atoms with van der Waals surface area (Å²) in [5, 5.41) is 30.8. The van der Waals surface area contributed by atoms with Gasteiger partial charge in [-0.25, -0.2) is 0 Å². The van der Waals surface area contributed by atoms with Gasteiger partial charge in [-0.05, 0) is 18.2 Å². The van der Waals surface area contributed by atoms with Crippen molar-refractivity contribution in [3.8, 4) is 0 Å². The Bertz CT molecular complexity index is 597. The molecule has 0 atom stereocenters. The fraction of sp³-hybridized carbons (Fsp3) is 0.286. The molecule has 0 bridgehead atoms. The van der Waals surface area contributed by atoms with Crippen molar-refractivity contribution in [2.24, 2.45) is 0 Å². The highest BCUT2D eigenvalue weighted by atomic mass is 16.3. The number of aliphatic hydroxyl groups excluding tert-OH is 3. The van der Waals surface area contributed by atoms with Gasteiger partial charge in [-0.3, -0.25) is 9.78 Å². The zero-order valence-corrected chi connectivity index (χ0v) is 10.8. The van der Waals surface area contributed by atoms with Crippen molar-refractivity contribution < 1.29 is 20.1 Å². The summed E-state index contributed by atoms with van der Waals surface area (Å²) in [6.07, 6.45) is 1.63. The molecule has 0 saturated carbocycles. The largest absolute Gasteiger partial charge is 0.394 e. The third-order valence-corrected chi connectivity index (χ3v) is 3.18. The van der Waals surface area contributed by atoms with E-state index in [1.54, 1.807) is 36.5 Å². The second kappa shape index (κ2) is 5.96. The van der Waals surface area contributed by atoms with E-state index < -0.39 is 31.3 Å². The number of nitrogens with one attached hydrogen (secondary N) is 1. The lowest BCUT2D eigenvalue weighted by Crippen LogP contribution is -2.57. The Hall–Kier alpha value is -2.02. The Morgan fingerprint density at radius 1 is 1.10 bits per heavy atom. The number of nitrogens with zero attached hydrogens (tertiary/aromatic N) is 1. The molecule has 20 heavy (non-hydrogen) atoms. The molecule has 0 aliphatic rings. The van der Waals surface area contributed by atoms with Gasteiger partial charge in [0, 0.05) is 17.1 Å². The first-order valence-corrected chi connectivity index (χ1v) is 6.14. The Morgan fingerprint density at radius 3 is 2.45 bits per heavy atom. The first kappa shape index (κ1) is 14.4. The lowest BCUT2D eigenvalue weighted by atomic mass is 10.0. The molecule has 0 spiro atoms. The van der Waals surface area contributed by atoms with E-state index >= 15 is 0 Å². The molecule has 0 radical (unpaired) electrons. The molecule has 6 nitrogen and oxygen atoms in total. The van der Waals surface area contributed by atoms with Crippen molar-refractivity contribution >= 4 is 16.8 Å². The van der Waals surface area contributed by atoms with Crippen molar-refractivity contribution in [1.82, 2.24) is 10.3 Å². The van der Waals surface area contributed by atoms with Crippen LogP contribution in [0.1, 0.15) is 10.4 Å². The maximum Gasteiger partial charge on any atom is 0.252 e. The number of pyridine rings is 1. The molecular formula is C14H16N2O4. The predicted octanol–water partition coefficient (Wildman–Crippen LogP) is -0.320. The quantitative estimate of drug-likeness (QED) is 0.599. The minimum Gasteiger partial charge on any atom is -0.394 e. The highest BCUT2D eigenvalue weighted by Gasteiger charge is 2.30. The van der Waals surface area contributed by atoms with E-state index in [2.05, 4.69) is 10.3 Å². The first-order chi connectivity index (χ1) is 9.65. The molecule has 1 amide bonds. The average molecular weight is 276 g/mol. The number of aromatic nitrogens is 1. The van der Waals surface area contributed by atoms with Gasteiger partial charge in [-0.2, -0.15) is 0 Å². The summed E-state index contributed by atoms with van der Waals surface area (Å²) in [4.78, 5) is 16.4. The van der Waals surface area contributed by atoms with Gasteiger partial charge in [0.2, 0.25) is 0 Å². The summed E-state index contributed by atoms with van der Waals surface area (Å²) in [6, 6.07) is 8.58. The first-order valence-electron chi connectivity index (χ1n) is 6.14.